The number of hydrogen-bond acceptors (Lipinski definition) is 3. The van der Waals surface area contributed by atoms with Crippen LogP contribution in [0.2, 0.25) is 5.02 Å². The van der Waals surface area contributed by atoms with Crippen molar-refractivity contribution in [1.29, 1.82) is 0 Å². The van der Waals surface area contributed by atoms with Crippen molar-refractivity contribution < 1.29 is 9.53 Å². The van der Waals surface area contributed by atoms with E-state index in [0.717, 1.165) is 17.0 Å². The summed E-state index contributed by atoms with van der Waals surface area (Å²) in [5, 5.41) is 6.81. The number of carbonyl (C=O) groups is 1. The molecule has 21 heavy (non-hydrogen) atoms. The molecular formula is C16H15ClN2O2. The molecule has 0 fully saturated rings. The number of amides is 1. The average molecular weight is 303 g/mol. The normalized spacial score (nSPS) is 16.7. The van der Waals surface area contributed by atoms with E-state index >= 15 is 0 Å². The van der Waals surface area contributed by atoms with Crippen LogP contribution >= 0.6 is 11.6 Å². The highest BCUT2D eigenvalue weighted by molar-refractivity contribution is 6.31. The van der Waals surface area contributed by atoms with Crippen LogP contribution < -0.4 is 15.4 Å². The number of para-hydroxylation sites is 1. The molecule has 5 heteroatoms. The number of ether oxygens (including phenoxy) is 1. The third-order valence-corrected chi connectivity index (χ3v) is 3.57. The lowest BCUT2D eigenvalue weighted by Gasteiger charge is -2.29. The summed E-state index contributed by atoms with van der Waals surface area (Å²) in [6.07, 6.45) is -0.341. The maximum Gasteiger partial charge on any atom is 0.255 e. The van der Waals surface area contributed by atoms with Gasteiger partial charge >= 0.3 is 0 Å². The first-order valence-corrected chi connectivity index (χ1v) is 7.15. The Kier molecular flexibility index (Phi) is 3.71. The van der Waals surface area contributed by atoms with Gasteiger partial charge in [0.15, 0.2) is 0 Å². The molecule has 2 aromatic carbocycles. The lowest BCUT2D eigenvalue weighted by Crippen LogP contribution is -2.38. The van der Waals surface area contributed by atoms with E-state index in [-0.39, 0.29) is 12.1 Å². The molecule has 2 aromatic rings. The molecule has 1 aliphatic heterocycles. The van der Waals surface area contributed by atoms with Crippen LogP contribution in [0.25, 0.3) is 0 Å². The molecule has 1 atom stereocenters. The predicted molar refractivity (Wildman–Crippen MR) is 82.9 cm³/mol. The quantitative estimate of drug-likeness (QED) is 0.911. The van der Waals surface area contributed by atoms with Gasteiger partial charge in [0, 0.05) is 10.6 Å². The molecule has 2 N–H and O–H groups in total. The summed E-state index contributed by atoms with van der Waals surface area (Å²) in [6, 6.07) is 12.8. The van der Waals surface area contributed by atoms with Crippen LogP contribution in [0.5, 0.6) is 5.75 Å². The number of fused-ring (bicyclic) bond motifs is 1. The highest BCUT2D eigenvalue weighted by atomic mass is 35.5. The Balaban J connectivity index is 1.97. The van der Waals surface area contributed by atoms with Crippen LogP contribution in [0.3, 0.4) is 0 Å². The summed E-state index contributed by atoms with van der Waals surface area (Å²) in [7, 11) is 0. The van der Waals surface area contributed by atoms with Crippen LogP contribution in [-0.2, 0) is 0 Å². The van der Waals surface area contributed by atoms with Crippen molar-refractivity contribution in [3.63, 3.8) is 0 Å². The smallest absolute Gasteiger partial charge is 0.255 e. The minimum absolute atomic E-state index is 0.128. The van der Waals surface area contributed by atoms with E-state index in [1.54, 1.807) is 18.2 Å². The molecular weight excluding hydrogens is 288 g/mol. The van der Waals surface area contributed by atoms with E-state index in [1.807, 2.05) is 31.2 Å². The molecule has 3 rings (SSSR count). The second kappa shape index (κ2) is 5.66. The third-order valence-electron chi connectivity index (χ3n) is 3.33. The van der Waals surface area contributed by atoms with Gasteiger partial charge in [-0.15, -0.1) is 0 Å². The lowest BCUT2D eigenvalue weighted by molar-refractivity contribution is 0.0935. The Morgan fingerprint density at radius 1 is 1.19 bits per heavy atom. The predicted octanol–water partition coefficient (Wildman–Crippen LogP) is 3.59. The Morgan fingerprint density at radius 2 is 2.00 bits per heavy atom. The zero-order valence-corrected chi connectivity index (χ0v) is 12.3. The van der Waals surface area contributed by atoms with Crippen LogP contribution in [0, 0.1) is 0 Å². The first kappa shape index (κ1) is 13.8. The highest BCUT2D eigenvalue weighted by Gasteiger charge is 2.26. The molecule has 0 saturated carbocycles. The molecule has 0 spiro atoms. The fourth-order valence-corrected chi connectivity index (χ4v) is 2.57. The Labute approximate surface area is 128 Å². The number of benzene rings is 2. The maximum absolute atomic E-state index is 12.2. The fraction of sp³-hybridized carbons (Fsp3) is 0.188. The van der Waals surface area contributed by atoms with Gasteiger partial charge in [-0.2, -0.15) is 0 Å². The van der Waals surface area contributed by atoms with E-state index in [4.69, 9.17) is 16.3 Å². The molecule has 0 aliphatic carbocycles. The van der Waals surface area contributed by atoms with Crippen LogP contribution in [0.4, 0.5) is 5.69 Å². The van der Waals surface area contributed by atoms with Crippen molar-refractivity contribution in [3.8, 4) is 5.75 Å². The van der Waals surface area contributed by atoms with Gasteiger partial charge in [0.05, 0.1) is 17.9 Å². The molecule has 0 radical (unpaired) electrons. The van der Waals surface area contributed by atoms with Crippen LogP contribution in [-0.4, -0.2) is 12.5 Å². The van der Waals surface area contributed by atoms with E-state index in [0.29, 0.717) is 17.2 Å². The maximum atomic E-state index is 12.2. The zero-order valence-electron chi connectivity index (χ0n) is 11.5. The first-order valence-electron chi connectivity index (χ1n) is 6.77. The SMILES string of the molecule is CCOc1ccccc1C1NC(=O)c2ccc(Cl)cc2N1. The largest absolute Gasteiger partial charge is 0.493 e. The van der Waals surface area contributed by atoms with Gasteiger partial charge in [0.1, 0.15) is 11.9 Å². The molecule has 0 bridgehead atoms. The fourth-order valence-electron chi connectivity index (χ4n) is 2.40. The minimum atomic E-state index is -0.341. The highest BCUT2D eigenvalue weighted by Crippen LogP contribution is 2.32. The molecule has 4 nitrogen and oxygen atoms in total. The molecule has 0 saturated heterocycles. The topological polar surface area (TPSA) is 50.4 Å². The summed E-state index contributed by atoms with van der Waals surface area (Å²) in [6.45, 7) is 2.50. The van der Waals surface area contributed by atoms with Crippen molar-refractivity contribution in [2.75, 3.05) is 11.9 Å². The van der Waals surface area contributed by atoms with Crippen molar-refractivity contribution in [1.82, 2.24) is 5.32 Å². The monoisotopic (exact) mass is 302 g/mol. The summed E-state index contributed by atoms with van der Waals surface area (Å²) >= 11 is 6.00. The van der Waals surface area contributed by atoms with Crippen molar-refractivity contribution in [2.24, 2.45) is 0 Å². The van der Waals surface area contributed by atoms with Gasteiger partial charge in [0.25, 0.3) is 5.91 Å². The van der Waals surface area contributed by atoms with Gasteiger partial charge in [-0.1, -0.05) is 29.8 Å². The van der Waals surface area contributed by atoms with Gasteiger partial charge in [0.2, 0.25) is 0 Å². The Hall–Kier alpha value is -2.20. The summed E-state index contributed by atoms with van der Waals surface area (Å²) in [5.74, 6) is 0.625. The second-order valence-electron chi connectivity index (χ2n) is 4.71. The standard InChI is InChI=1S/C16H15ClN2O2/c1-2-21-14-6-4-3-5-12(14)15-18-13-9-10(17)7-8-11(13)16(20)19-15/h3-9,15,18H,2H2,1H3,(H,19,20). The van der Waals surface area contributed by atoms with Crippen LogP contribution in [0.15, 0.2) is 42.5 Å². The van der Waals surface area contributed by atoms with E-state index in [1.165, 1.54) is 0 Å². The van der Waals surface area contributed by atoms with Gasteiger partial charge in [-0.25, -0.2) is 0 Å². The van der Waals surface area contributed by atoms with Crippen LogP contribution in [0.1, 0.15) is 29.0 Å². The van der Waals surface area contributed by atoms with E-state index < -0.39 is 0 Å². The minimum Gasteiger partial charge on any atom is -0.493 e. The van der Waals surface area contributed by atoms with Crippen molar-refractivity contribution >= 4 is 23.2 Å². The van der Waals surface area contributed by atoms with Gasteiger partial charge in [-0.05, 0) is 31.2 Å². The lowest BCUT2D eigenvalue weighted by atomic mass is 10.1. The van der Waals surface area contributed by atoms with Crippen molar-refractivity contribution in [3.05, 3.63) is 58.6 Å². The second-order valence-corrected chi connectivity index (χ2v) is 5.15. The molecule has 1 unspecified atom stereocenters. The first-order chi connectivity index (χ1) is 10.2. The number of anilines is 1. The number of halogens is 1. The Bertz CT molecular complexity index is 688. The number of carbonyl (C=O) groups excluding carboxylic acids is 1. The van der Waals surface area contributed by atoms with E-state index in [2.05, 4.69) is 10.6 Å². The summed E-state index contributed by atoms with van der Waals surface area (Å²) < 4.78 is 5.62. The number of rotatable bonds is 3. The van der Waals surface area contributed by atoms with E-state index in [9.17, 15) is 4.79 Å². The summed E-state index contributed by atoms with van der Waals surface area (Å²) in [4.78, 5) is 12.2. The molecule has 1 aliphatic rings. The molecule has 0 aromatic heterocycles. The third kappa shape index (κ3) is 2.67. The zero-order chi connectivity index (χ0) is 14.8. The Morgan fingerprint density at radius 3 is 2.81 bits per heavy atom. The number of hydrogen-bond donors (Lipinski definition) is 2. The van der Waals surface area contributed by atoms with Crippen molar-refractivity contribution in [2.45, 2.75) is 13.1 Å². The van der Waals surface area contributed by atoms with Gasteiger partial charge < -0.3 is 15.4 Å². The summed E-state index contributed by atoms with van der Waals surface area (Å²) in [5.41, 5.74) is 2.20. The molecule has 1 heterocycles. The average Bonchev–Trinajstić information content (AvgIpc) is 2.47. The molecule has 108 valence electrons. The molecule has 1 amide bonds. The number of nitrogens with one attached hydrogen (secondary N) is 2. The van der Waals surface area contributed by atoms with Gasteiger partial charge in [-0.3, -0.25) is 4.79 Å².